The highest BCUT2D eigenvalue weighted by molar-refractivity contribution is 5.72. The molecule has 0 bridgehead atoms. The first-order chi connectivity index (χ1) is 8.27. The van der Waals surface area contributed by atoms with Crippen LogP contribution < -0.4 is 0 Å². The molecule has 0 unspecified atom stereocenters. The number of hydrogen-bond donors (Lipinski definition) is 1. The van der Waals surface area contributed by atoms with E-state index in [4.69, 9.17) is 9.84 Å². The molecular weight excluding hydrogens is 216 g/mol. The third kappa shape index (κ3) is 5.53. The molecule has 0 radical (unpaired) electrons. The van der Waals surface area contributed by atoms with Crippen LogP contribution in [-0.2, 0) is 9.53 Å². The molecule has 1 fully saturated rings. The second kappa shape index (κ2) is 8.51. The molecule has 1 N–H and O–H groups in total. The summed E-state index contributed by atoms with van der Waals surface area (Å²) in [6.45, 7) is 2.31. The van der Waals surface area contributed by atoms with Gasteiger partial charge in [-0.15, -0.1) is 0 Å². The van der Waals surface area contributed by atoms with Crippen LogP contribution in [0, 0.1) is 11.8 Å². The van der Waals surface area contributed by atoms with Gasteiger partial charge in [0.1, 0.15) is 6.61 Å². The average molecular weight is 242 g/mol. The third-order valence-electron chi connectivity index (χ3n) is 3.73. The Balaban J connectivity index is 2.14. The minimum Gasteiger partial charge on any atom is -0.463 e. The molecule has 1 rings (SSSR count). The first-order valence-electron chi connectivity index (χ1n) is 7.05. The van der Waals surface area contributed by atoms with Crippen LogP contribution in [-0.4, -0.2) is 24.3 Å². The fourth-order valence-electron chi connectivity index (χ4n) is 2.63. The monoisotopic (exact) mass is 242 g/mol. The van der Waals surface area contributed by atoms with Crippen LogP contribution in [0.2, 0.25) is 0 Å². The first kappa shape index (κ1) is 14.5. The largest absolute Gasteiger partial charge is 0.463 e. The summed E-state index contributed by atoms with van der Waals surface area (Å²) >= 11 is 0. The standard InChI is InChI=1S/C14H26O3/c1-2-3-4-5-12-6-8-13(9-7-12)14(16)17-11-10-15/h12-13,15H,2-11H2,1H3. The predicted octanol–water partition coefficient (Wildman–Crippen LogP) is 2.91. The molecule has 0 atom stereocenters. The van der Waals surface area contributed by atoms with Crippen molar-refractivity contribution in [2.45, 2.75) is 58.3 Å². The van der Waals surface area contributed by atoms with Crippen molar-refractivity contribution in [2.24, 2.45) is 11.8 Å². The lowest BCUT2D eigenvalue weighted by Crippen LogP contribution is -2.24. The van der Waals surface area contributed by atoms with Gasteiger partial charge in [0.25, 0.3) is 0 Å². The maximum Gasteiger partial charge on any atom is 0.309 e. The van der Waals surface area contributed by atoms with Gasteiger partial charge in [0.05, 0.1) is 12.5 Å². The van der Waals surface area contributed by atoms with Gasteiger partial charge in [-0.05, 0) is 31.6 Å². The van der Waals surface area contributed by atoms with Crippen LogP contribution in [0.15, 0.2) is 0 Å². The summed E-state index contributed by atoms with van der Waals surface area (Å²) < 4.78 is 4.98. The fourth-order valence-corrected chi connectivity index (χ4v) is 2.63. The van der Waals surface area contributed by atoms with E-state index in [0.717, 1.165) is 18.8 Å². The molecule has 0 aromatic heterocycles. The normalized spacial score (nSPS) is 24.6. The van der Waals surface area contributed by atoms with E-state index in [1.807, 2.05) is 0 Å². The van der Waals surface area contributed by atoms with Gasteiger partial charge in [-0.25, -0.2) is 0 Å². The Labute approximate surface area is 105 Å². The quantitative estimate of drug-likeness (QED) is 0.551. The van der Waals surface area contributed by atoms with Crippen molar-refractivity contribution in [1.82, 2.24) is 0 Å². The van der Waals surface area contributed by atoms with E-state index in [0.29, 0.717) is 0 Å². The topological polar surface area (TPSA) is 46.5 Å². The Morgan fingerprint density at radius 3 is 2.53 bits per heavy atom. The summed E-state index contributed by atoms with van der Waals surface area (Å²) in [4.78, 5) is 11.6. The summed E-state index contributed by atoms with van der Waals surface area (Å²) in [5.41, 5.74) is 0. The van der Waals surface area contributed by atoms with Gasteiger partial charge >= 0.3 is 5.97 Å². The van der Waals surface area contributed by atoms with Crippen molar-refractivity contribution in [1.29, 1.82) is 0 Å². The molecule has 1 aliphatic rings. The smallest absolute Gasteiger partial charge is 0.309 e. The Bertz CT molecular complexity index is 208. The van der Waals surface area contributed by atoms with Crippen molar-refractivity contribution in [3.8, 4) is 0 Å². The maximum atomic E-state index is 11.6. The van der Waals surface area contributed by atoms with E-state index >= 15 is 0 Å². The number of unbranched alkanes of at least 4 members (excludes halogenated alkanes) is 2. The van der Waals surface area contributed by atoms with Crippen molar-refractivity contribution >= 4 is 5.97 Å². The summed E-state index contributed by atoms with van der Waals surface area (Å²) in [6, 6.07) is 0. The molecule has 0 saturated heterocycles. The van der Waals surface area contributed by atoms with E-state index < -0.39 is 0 Å². The molecule has 1 aliphatic carbocycles. The molecule has 3 nitrogen and oxygen atoms in total. The number of rotatable bonds is 7. The highest BCUT2D eigenvalue weighted by Crippen LogP contribution is 2.32. The van der Waals surface area contributed by atoms with E-state index in [1.54, 1.807) is 0 Å². The van der Waals surface area contributed by atoms with Crippen molar-refractivity contribution < 1.29 is 14.6 Å². The van der Waals surface area contributed by atoms with Crippen LogP contribution in [0.25, 0.3) is 0 Å². The number of carbonyl (C=O) groups excluding carboxylic acids is 1. The molecule has 1 saturated carbocycles. The van der Waals surface area contributed by atoms with Gasteiger partial charge in [0.2, 0.25) is 0 Å². The van der Waals surface area contributed by atoms with E-state index in [1.165, 1.54) is 38.5 Å². The van der Waals surface area contributed by atoms with Crippen LogP contribution in [0.4, 0.5) is 0 Å². The van der Waals surface area contributed by atoms with Crippen LogP contribution in [0.1, 0.15) is 58.3 Å². The Morgan fingerprint density at radius 2 is 1.94 bits per heavy atom. The average Bonchev–Trinajstić information content (AvgIpc) is 2.37. The van der Waals surface area contributed by atoms with Crippen molar-refractivity contribution in [2.75, 3.05) is 13.2 Å². The molecule has 0 spiro atoms. The van der Waals surface area contributed by atoms with Gasteiger partial charge < -0.3 is 9.84 Å². The molecule has 0 heterocycles. The molecule has 0 aliphatic heterocycles. The zero-order valence-corrected chi connectivity index (χ0v) is 11.0. The van der Waals surface area contributed by atoms with E-state index in [2.05, 4.69) is 6.92 Å². The number of hydrogen-bond acceptors (Lipinski definition) is 3. The number of aliphatic hydroxyl groups is 1. The molecule has 17 heavy (non-hydrogen) atoms. The molecule has 100 valence electrons. The minimum absolute atomic E-state index is 0.0713. The van der Waals surface area contributed by atoms with Crippen molar-refractivity contribution in [3.05, 3.63) is 0 Å². The van der Waals surface area contributed by atoms with Gasteiger partial charge in [-0.2, -0.15) is 0 Å². The molecule has 0 amide bonds. The Hall–Kier alpha value is -0.570. The maximum absolute atomic E-state index is 11.6. The predicted molar refractivity (Wildman–Crippen MR) is 67.6 cm³/mol. The number of esters is 1. The van der Waals surface area contributed by atoms with Gasteiger partial charge in [0.15, 0.2) is 0 Å². The summed E-state index contributed by atoms with van der Waals surface area (Å²) in [5, 5.41) is 8.60. The molecule has 0 aromatic rings. The Kier molecular flexibility index (Phi) is 7.25. The molecular formula is C14H26O3. The number of aliphatic hydroxyl groups excluding tert-OH is 1. The SMILES string of the molecule is CCCCCC1CCC(C(=O)OCCO)CC1. The second-order valence-electron chi connectivity index (χ2n) is 5.10. The van der Waals surface area contributed by atoms with Crippen LogP contribution in [0.3, 0.4) is 0 Å². The van der Waals surface area contributed by atoms with Gasteiger partial charge in [0, 0.05) is 0 Å². The lowest BCUT2D eigenvalue weighted by Gasteiger charge is -2.27. The highest BCUT2D eigenvalue weighted by atomic mass is 16.5. The zero-order chi connectivity index (χ0) is 12.5. The highest BCUT2D eigenvalue weighted by Gasteiger charge is 2.26. The molecule has 0 aromatic carbocycles. The lowest BCUT2D eigenvalue weighted by atomic mass is 9.80. The number of carbonyl (C=O) groups is 1. The van der Waals surface area contributed by atoms with Gasteiger partial charge in [-0.3, -0.25) is 4.79 Å². The van der Waals surface area contributed by atoms with Gasteiger partial charge in [-0.1, -0.05) is 32.6 Å². The molecule has 3 heteroatoms. The third-order valence-corrected chi connectivity index (χ3v) is 3.73. The zero-order valence-electron chi connectivity index (χ0n) is 11.0. The van der Waals surface area contributed by atoms with Crippen molar-refractivity contribution in [3.63, 3.8) is 0 Å². The summed E-state index contributed by atoms with van der Waals surface area (Å²) in [5.74, 6) is 0.804. The van der Waals surface area contributed by atoms with E-state index in [-0.39, 0.29) is 25.1 Å². The second-order valence-corrected chi connectivity index (χ2v) is 5.10. The minimum atomic E-state index is -0.106. The van der Waals surface area contributed by atoms with Crippen LogP contribution >= 0.6 is 0 Å². The fraction of sp³-hybridized carbons (Fsp3) is 0.929. The summed E-state index contributed by atoms with van der Waals surface area (Å²) in [7, 11) is 0. The van der Waals surface area contributed by atoms with E-state index in [9.17, 15) is 4.79 Å². The van der Waals surface area contributed by atoms with Crippen LogP contribution in [0.5, 0.6) is 0 Å². The summed E-state index contributed by atoms with van der Waals surface area (Å²) in [6.07, 6.45) is 9.56. The lowest BCUT2D eigenvalue weighted by molar-refractivity contribution is -0.151. The number of ether oxygens (including phenoxy) is 1. The first-order valence-corrected chi connectivity index (χ1v) is 7.05. The Morgan fingerprint density at radius 1 is 1.24 bits per heavy atom.